The molecule has 0 saturated carbocycles. The monoisotopic (exact) mass is 384 g/mol. The third kappa shape index (κ3) is 26.0. The lowest BCUT2D eigenvalue weighted by atomic mass is 9.89. The molecule has 0 nitrogen and oxygen atoms in total. The summed E-state index contributed by atoms with van der Waals surface area (Å²) < 4.78 is 0. The van der Waals surface area contributed by atoms with Gasteiger partial charge in [-0.05, 0) is 23.7 Å². The maximum atomic E-state index is 2.34. The van der Waals surface area contributed by atoms with Gasteiger partial charge in [-0.1, -0.05) is 153 Å². The average Bonchev–Trinajstić information content (AvgIpc) is 2.68. The van der Waals surface area contributed by atoms with Gasteiger partial charge in [-0.2, -0.15) is 0 Å². The third-order valence-electron chi connectivity index (χ3n) is 6.26. The fourth-order valence-corrected chi connectivity index (χ4v) is 3.42. The molecule has 0 rings (SSSR count). The average molecular weight is 385 g/mol. The molecule has 2 unspecified atom stereocenters. The van der Waals surface area contributed by atoms with Crippen LogP contribution in [0.5, 0.6) is 0 Å². The highest BCUT2D eigenvalue weighted by atomic mass is 14.1. The molecule has 0 aromatic rings. The maximum absolute atomic E-state index is 2.34. The van der Waals surface area contributed by atoms with Gasteiger partial charge >= 0.3 is 0 Å². The number of hydrogen-bond donors (Lipinski definition) is 0. The lowest BCUT2D eigenvalue weighted by molar-refractivity contribution is 0.339. The van der Waals surface area contributed by atoms with Crippen LogP contribution in [-0.2, 0) is 0 Å². The Bertz CT molecular complexity index is 226. The molecule has 0 radical (unpaired) electrons. The molecule has 0 amide bonds. The van der Waals surface area contributed by atoms with Crippen LogP contribution in [0.4, 0.5) is 0 Å². The minimum Gasteiger partial charge on any atom is -0.0654 e. The maximum Gasteiger partial charge on any atom is -0.0394 e. The number of hydrogen-bond acceptors (Lipinski definition) is 0. The van der Waals surface area contributed by atoms with Crippen LogP contribution in [0.3, 0.4) is 0 Å². The molecule has 0 N–H and O–H groups in total. The summed E-state index contributed by atoms with van der Waals surface area (Å²) in [4.78, 5) is 0. The van der Waals surface area contributed by atoms with Crippen molar-refractivity contribution in [2.45, 2.75) is 153 Å². The van der Waals surface area contributed by atoms with E-state index in [1.807, 2.05) is 0 Å². The van der Waals surface area contributed by atoms with E-state index in [0.29, 0.717) is 0 Å². The standard InChI is InChI=1S/C10H22.C9H20.C8H18/c1-5-7-8-10(6-2)9(3)4;1-4-7-8-9(5-2)6-3;1-4-6-7-8(3)5-2/h9-10H,5-8H2,1-4H3;9H,4-8H2,1-3H3;8H,4-7H2,1-3H3. The van der Waals surface area contributed by atoms with Gasteiger partial charge in [-0.15, -0.1) is 0 Å². The summed E-state index contributed by atoms with van der Waals surface area (Å²) in [6, 6.07) is 0. The molecule has 27 heavy (non-hydrogen) atoms. The van der Waals surface area contributed by atoms with Crippen molar-refractivity contribution in [2.24, 2.45) is 23.7 Å². The molecule has 0 saturated heterocycles. The molecule has 0 aromatic carbocycles. The van der Waals surface area contributed by atoms with E-state index in [-0.39, 0.29) is 0 Å². The van der Waals surface area contributed by atoms with Gasteiger partial charge in [-0.25, -0.2) is 0 Å². The van der Waals surface area contributed by atoms with Crippen LogP contribution in [0.2, 0.25) is 0 Å². The van der Waals surface area contributed by atoms with Crippen LogP contribution in [0.15, 0.2) is 0 Å². The predicted molar refractivity (Wildman–Crippen MR) is 131 cm³/mol. The normalized spacial score (nSPS) is 12.9. The quantitative estimate of drug-likeness (QED) is 0.279. The molecule has 0 heterocycles. The minimum atomic E-state index is 0.886. The van der Waals surface area contributed by atoms with E-state index < -0.39 is 0 Å². The van der Waals surface area contributed by atoms with E-state index in [4.69, 9.17) is 0 Å². The SMILES string of the molecule is CCCCC(C)CC.CCCCC(CC)C(C)C.CCCCC(CC)CC. The third-order valence-corrected chi connectivity index (χ3v) is 6.26. The largest absolute Gasteiger partial charge is 0.0654 e. The van der Waals surface area contributed by atoms with Crippen LogP contribution < -0.4 is 0 Å². The second-order valence-electron chi connectivity index (χ2n) is 9.03. The Morgan fingerprint density at radius 2 is 0.926 bits per heavy atom. The summed E-state index contributed by atoms with van der Waals surface area (Å²) in [6.07, 6.45) is 18.1. The summed E-state index contributed by atoms with van der Waals surface area (Å²) in [5.74, 6) is 3.82. The van der Waals surface area contributed by atoms with Gasteiger partial charge in [-0.3, -0.25) is 0 Å². The van der Waals surface area contributed by atoms with Gasteiger partial charge in [0, 0.05) is 0 Å². The van der Waals surface area contributed by atoms with Gasteiger partial charge in [0.1, 0.15) is 0 Å². The van der Waals surface area contributed by atoms with Gasteiger partial charge in [0.15, 0.2) is 0 Å². The molecular weight excluding hydrogens is 324 g/mol. The highest BCUT2D eigenvalue weighted by Crippen LogP contribution is 2.20. The van der Waals surface area contributed by atoms with Crippen molar-refractivity contribution in [3.8, 4) is 0 Å². The molecule has 0 aromatic heterocycles. The van der Waals surface area contributed by atoms with Crippen molar-refractivity contribution in [1.82, 2.24) is 0 Å². The Morgan fingerprint density at radius 1 is 0.481 bits per heavy atom. The Balaban J connectivity index is -0.000000322. The Morgan fingerprint density at radius 3 is 1.26 bits per heavy atom. The van der Waals surface area contributed by atoms with Crippen LogP contribution >= 0.6 is 0 Å². The second-order valence-corrected chi connectivity index (χ2v) is 9.03. The summed E-state index contributed by atoms with van der Waals surface area (Å²) >= 11 is 0. The van der Waals surface area contributed by atoms with E-state index in [2.05, 4.69) is 69.2 Å². The highest BCUT2D eigenvalue weighted by Gasteiger charge is 2.08. The first kappa shape index (κ1) is 31.7. The molecule has 0 fully saturated rings. The number of unbranched alkanes of at least 4 members (excludes halogenated alkanes) is 3. The van der Waals surface area contributed by atoms with Crippen molar-refractivity contribution < 1.29 is 0 Å². The van der Waals surface area contributed by atoms with E-state index in [1.54, 1.807) is 0 Å². The first-order valence-electron chi connectivity index (χ1n) is 12.9. The zero-order chi connectivity index (χ0) is 21.5. The molecule has 0 spiro atoms. The van der Waals surface area contributed by atoms with Crippen LogP contribution in [0.1, 0.15) is 153 Å². The first-order chi connectivity index (χ1) is 12.9. The van der Waals surface area contributed by atoms with Crippen LogP contribution in [-0.4, -0.2) is 0 Å². The van der Waals surface area contributed by atoms with Crippen molar-refractivity contribution in [1.29, 1.82) is 0 Å². The second kappa shape index (κ2) is 26.0. The molecule has 2 atom stereocenters. The van der Waals surface area contributed by atoms with Crippen molar-refractivity contribution in [3.05, 3.63) is 0 Å². The van der Waals surface area contributed by atoms with E-state index >= 15 is 0 Å². The zero-order valence-corrected chi connectivity index (χ0v) is 21.5. The smallest absolute Gasteiger partial charge is 0.0394 e. The summed E-state index contributed by atoms with van der Waals surface area (Å²) in [5.41, 5.74) is 0. The fraction of sp³-hybridized carbons (Fsp3) is 1.00. The Hall–Kier alpha value is 0. The summed E-state index contributed by atoms with van der Waals surface area (Å²) in [7, 11) is 0. The zero-order valence-electron chi connectivity index (χ0n) is 21.5. The van der Waals surface area contributed by atoms with Crippen molar-refractivity contribution >= 4 is 0 Å². The van der Waals surface area contributed by atoms with Gasteiger partial charge in [0.2, 0.25) is 0 Å². The topological polar surface area (TPSA) is 0 Å². The molecule has 168 valence electrons. The van der Waals surface area contributed by atoms with Crippen LogP contribution in [0.25, 0.3) is 0 Å². The first-order valence-corrected chi connectivity index (χ1v) is 12.9. The molecule has 0 aliphatic heterocycles. The Labute approximate surface area is 176 Å². The number of rotatable bonds is 14. The molecular formula is C27H60. The van der Waals surface area contributed by atoms with Gasteiger partial charge in [0.05, 0.1) is 0 Å². The van der Waals surface area contributed by atoms with Crippen LogP contribution in [0, 0.1) is 23.7 Å². The van der Waals surface area contributed by atoms with Crippen molar-refractivity contribution in [2.75, 3.05) is 0 Å². The Kier molecular flexibility index (Phi) is 30.5. The van der Waals surface area contributed by atoms with E-state index in [0.717, 1.165) is 23.7 Å². The molecule has 0 bridgehead atoms. The summed E-state index contributed by atoms with van der Waals surface area (Å²) in [5, 5.41) is 0. The summed E-state index contributed by atoms with van der Waals surface area (Å²) in [6.45, 7) is 23.0. The van der Waals surface area contributed by atoms with Gasteiger partial charge < -0.3 is 0 Å². The van der Waals surface area contributed by atoms with E-state index in [9.17, 15) is 0 Å². The molecule has 0 heteroatoms. The predicted octanol–water partition coefficient (Wildman–Crippen LogP) is 10.7. The minimum absolute atomic E-state index is 0.886. The van der Waals surface area contributed by atoms with Crippen molar-refractivity contribution in [3.63, 3.8) is 0 Å². The molecule has 0 aliphatic carbocycles. The van der Waals surface area contributed by atoms with Gasteiger partial charge in [0.25, 0.3) is 0 Å². The highest BCUT2D eigenvalue weighted by molar-refractivity contribution is 4.60. The fourth-order valence-electron chi connectivity index (χ4n) is 3.42. The molecule has 0 aliphatic rings. The lowest BCUT2D eigenvalue weighted by Gasteiger charge is -2.17. The lowest BCUT2D eigenvalue weighted by Crippen LogP contribution is -2.06. The van der Waals surface area contributed by atoms with E-state index in [1.165, 1.54) is 83.5 Å².